The van der Waals surface area contributed by atoms with Crippen LogP contribution >= 0.6 is 22.9 Å². The lowest BCUT2D eigenvalue weighted by molar-refractivity contribution is -0.142. The normalized spacial score (nSPS) is 11.8. The summed E-state index contributed by atoms with van der Waals surface area (Å²) in [6, 6.07) is 7.36. The number of amides is 1. The second kappa shape index (κ2) is 10.2. The number of rotatable bonds is 6. The Morgan fingerprint density at radius 2 is 1.97 bits per heavy atom. The second-order valence-electron chi connectivity index (χ2n) is 6.69. The van der Waals surface area contributed by atoms with Crippen molar-refractivity contribution in [2.75, 3.05) is 6.61 Å². The van der Waals surface area contributed by atoms with Crippen molar-refractivity contribution in [1.82, 2.24) is 13.7 Å². The molecule has 0 unspecified atom stereocenters. The number of carbonyl (C=O) groups excluding carboxylic acids is 2. The van der Waals surface area contributed by atoms with Crippen molar-refractivity contribution in [3.63, 3.8) is 0 Å². The van der Waals surface area contributed by atoms with Gasteiger partial charge in [-0.15, -0.1) is 11.3 Å². The van der Waals surface area contributed by atoms with Gasteiger partial charge in [0, 0.05) is 43.0 Å². The fourth-order valence-electron chi connectivity index (χ4n) is 2.75. The van der Waals surface area contributed by atoms with Gasteiger partial charge in [-0.05, 0) is 17.7 Å². The Morgan fingerprint density at radius 3 is 2.72 bits per heavy atom. The van der Waals surface area contributed by atoms with Gasteiger partial charge < -0.3 is 13.9 Å². The maximum atomic E-state index is 12.1. The van der Waals surface area contributed by atoms with Gasteiger partial charge >= 0.3 is 11.7 Å². The van der Waals surface area contributed by atoms with Gasteiger partial charge in [0.25, 0.3) is 11.5 Å². The van der Waals surface area contributed by atoms with E-state index in [-0.39, 0.29) is 5.56 Å². The molecule has 0 aliphatic carbocycles. The molecular weight excluding hydrogens is 456 g/mol. The van der Waals surface area contributed by atoms with Crippen LogP contribution in [0.1, 0.15) is 11.1 Å². The van der Waals surface area contributed by atoms with Gasteiger partial charge in [0.1, 0.15) is 0 Å². The lowest BCUT2D eigenvalue weighted by Crippen LogP contribution is -2.37. The molecule has 0 saturated heterocycles. The lowest BCUT2D eigenvalue weighted by Gasteiger charge is -2.05. The molecule has 3 rings (SSSR count). The maximum Gasteiger partial charge on any atom is 0.331 e. The Hall–Kier alpha value is -3.50. The SMILES string of the molecule is Cn1cc(C=CC(=O)OCC(=O)N=c2sccn2Cc2ccccc2Cl)c(=O)n(C)c1=O. The second-order valence-corrected chi connectivity index (χ2v) is 7.97. The molecule has 0 radical (unpaired) electrons. The van der Waals surface area contributed by atoms with Crippen LogP contribution in [0.25, 0.3) is 6.08 Å². The van der Waals surface area contributed by atoms with E-state index in [1.165, 1.54) is 42.3 Å². The van der Waals surface area contributed by atoms with E-state index in [4.69, 9.17) is 16.3 Å². The average molecular weight is 475 g/mol. The average Bonchev–Trinajstić information content (AvgIpc) is 3.20. The van der Waals surface area contributed by atoms with Crippen LogP contribution in [0.15, 0.2) is 62.7 Å². The highest BCUT2D eigenvalue weighted by Gasteiger charge is 2.08. The number of hydrogen-bond acceptors (Lipinski definition) is 6. The summed E-state index contributed by atoms with van der Waals surface area (Å²) < 4.78 is 8.81. The minimum Gasteiger partial charge on any atom is -0.452 e. The maximum absolute atomic E-state index is 12.1. The molecule has 2 aromatic heterocycles. The Balaban J connectivity index is 1.64. The molecular formula is C21H19ClN4O5S. The number of ether oxygens (including phenoxy) is 1. The van der Waals surface area contributed by atoms with E-state index in [0.717, 1.165) is 16.2 Å². The molecule has 1 aromatic carbocycles. The molecule has 0 N–H and O–H groups in total. The first-order chi connectivity index (χ1) is 15.3. The molecule has 0 aliphatic rings. The third kappa shape index (κ3) is 5.59. The Kier molecular flexibility index (Phi) is 7.39. The monoisotopic (exact) mass is 474 g/mol. The first-order valence-corrected chi connectivity index (χ1v) is 10.6. The summed E-state index contributed by atoms with van der Waals surface area (Å²) in [5.74, 6) is -1.46. The Morgan fingerprint density at radius 1 is 1.22 bits per heavy atom. The van der Waals surface area contributed by atoms with Crippen molar-refractivity contribution < 1.29 is 14.3 Å². The third-order valence-corrected chi connectivity index (χ3v) is 5.55. The van der Waals surface area contributed by atoms with E-state index in [1.54, 1.807) is 22.2 Å². The van der Waals surface area contributed by atoms with Gasteiger partial charge in [0.05, 0.1) is 12.1 Å². The van der Waals surface area contributed by atoms with E-state index >= 15 is 0 Å². The van der Waals surface area contributed by atoms with Gasteiger partial charge in [-0.2, -0.15) is 4.99 Å². The molecule has 0 atom stereocenters. The van der Waals surface area contributed by atoms with Crippen LogP contribution in [0.3, 0.4) is 0 Å². The number of halogens is 1. The molecule has 32 heavy (non-hydrogen) atoms. The minimum absolute atomic E-state index is 0.127. The zero-order chi connectivity index (χ0) is 23.3. The molecule has 0 spiro atoms. The van der Waals surface area contributed by atoms with Crippen LogP contribution in [0.5, 0.6) is 0 Å². The van der Waals surface area contributed by atoms with Gasteiger partial charge in [0.2, 0.25) is 0 Å². The van der Waals surface area contributed by atoms with Crippen molar-refractivity contribution in [2.45, 2.75) is 6.54 Å². The van der Waals surface area contributed by atoms with E-state index in [2.05, 4.69) is 4.99 Å². The summed E-state index contributed by atoms with van der Waals surface area (Å²) in [5, 5.41) is 2.39. The van der Waals surface area contributed by atoms with Crippen LogP contribution in [-0.4, -0.2) is 32.2 Å². The van der Waals surface area contributed by atoms with Crippen molar-refractivity contribution >= 4 is 40.9 Å². The zero-order valence-electron chi connectivity index (χ0n) is 17.2. The number of aryl methyl sites for hydroxylation is 1. The number of benzene rings is 1. The molecule has 9 nitrogen and oxygen atoms in total. The third-order valence-electron chi connectivity index (χ3n) is 4.39. The molecule has 3 aromatic rings. The van der Waals surface area contributed by atoms with Crippen LogP contribution in [-0.2, 0) is 35.0 Å². The van der Waals surface area contributed by atoms with E-state index < -0.39 is 29.7 Å². The topological polar surface area (TPSA) is 105 Å². The number of hydrogen-bond donors (Lipinski definition) is 0. The fourth-order valence-corrected chi connectivity index (χ4v) is 3.69. The summed E-state index contributed by atoms with van der Waals surface area (Å²) in [7, 11) is 2.82. The van der Waals surface area contributed by atoms with Gasteiger partial charge in [-0.25, -0.2) is 9.59 Å². The van der Waals surface area contributed by atoms with Gasteiger partial charge in [-0.3, -0.25) is 14.2 Å². The van der Waals surface area contributed by atoms with Crippen molar-refractivity contribution in [2.24, 2.45) is 19.1 Å². The molecule has 166 valence electrons. The molecule has 0 aliphatic heterocycles. The quantitative estimate of drug-likeness (QED) is 0.396. The lowest BCUT2D eigenvalue weighted by atomic mass is 10.2. The Bertz CT molecular complexity index is 1380. The summed E-state index contributed by atoms with van der Waals surface area (Å²) in [4.78, 5) is 52.2. The van der Waals surface area contributed by atoms with E-state index in [9.17, 15) is 19.2 Å². The van der Waals surface area contributed by atoms with Gasteiger partial charge in [0.15, 0.2) is 11.4 Å². The summed E-state index contributed by atoms with van der Waals surface area (Å²) in [5.41, 5.74) is -0.0318. The van der Waals surface area contributed by atoms with Crippen LogP contribution in [0, 0.1) is 0 Å². The standard InChI is InChI=1S/C21H19ClN4O5S/c1-24-11-15(19(29)25(2)21(24)30)7-8-18(28)31-13-17(27)23-20-26(9-10-32-20)12-14-5-3-4-6-16(14)22/h3-11H,12-13H2,1-2H3. The van der Waals surface area contributed by atoms with Crippen LogP contribution in [0.2, 0.25) is 5.02 Å². The molecule has 11 heteroatoms. The molecule has 0 fully saturated rings. The van der Waals surface area contributed by atoms with Crippen molar-refractivity contribution in [3.8, 4) is 0 Å². The number of esters is 1. The van der Waals surface area contributed by atoms with Gasteiger partial charge in [-0.1, -0.05) is 29.8 Å². The highest BCUT2D eigenvalue weighted by molar-refractivity contribution is 7.07. The number of aromatic nitrogens is 3. The number of thiazole rings is 1. The highest BCUT2D eigenvalue weighted by Crippen LogP contribution is 2.15. The molecule has 1 amide bonds. The predicted octanol–water partition coefficient (Wildman–Crippen LogP) is 1.33. The summed E-state index contributed by atoms with van der Waals surface area (Å²) in [6.45, 7) is -0.120. The highest BCUT2D eigenvalue weighted by atomic mass is 35.5. The van der Waals surface area contributed by atoms with E-state index in [1.807, 2.05) is 18.2 Å². The summed E-state index contributed by atoms with van der Waals surface area (Å²) >= 11 is 7.45. The van der Waals surface area contributed by atoms with Crippen molar-refractivity contribution in [1.29, 1.82) is 0 Å². The molecule has 0 bridgehead atoms. The largest absolute Gasteiger partial charge is 0.452 e. The van der Waals surface area contributed by atoms with E-state index in [0.29, 0.717) is 16.4 Å². The zero-order valence-corrected chi connectivity index (χ0v) is 18.8. The molecule has 2 heterocycles. The number of carbonyl (C=O) groups is 2. The fraction of sp³-hybridized carbons (Fsp3) is 0.190. The smallest absolute Gasteiger partial charge is 0.331 e. The van der Waals surface area contributed by atoms with Crippen LogP contribution < -0.4 is 16.1 Å². The summed E-state index contributed by atoms with van der Waals surface area (Å²) in [6.07, 6.45) is 5.33. The number of nitrogens with zero attached hydrogens (tertiary/aromatic N) is 4. The first-order valence-electron chi connectivity index (χ1n) is 9.32. The Labute approximate surface area is 191 Å². The predicted molar refractivity (Wildman–Crippen MR) is 120 cm³/mol. The van der Waals surface area contributed by atoms with Crippen molar-refractivity contribution in [3.05, 3.63) is 89.9 Å². The first kappa shape index (κ1) is 23.2. The minimum atomic E-state index is -0.820. The van der Waals surface area contributed by atoms with Crippen LogP contribution in [0.4, 0.5) is 0 Å². The molecule has 0 saturated carbocycles.